The number of aryl methyl sites for hydroxylation is 1. The van der Waals surface area contributed by atoms with E-state index in [4.69, 9.17) is 29.6 Å². The summed E-state index contributed by atoms with van der Waals surface area (Å²) in [5, 5.41) is 3.44. The first-order chi connectivity index (χ1) is 9.49. The average molecular weight is 305 g/mol. The van der Waals surface area contributed by atoms with Gasteiger partial charge in [0.25, 0.3) is 5.91 Å². The number of hydrogen-bond donors (Lipinski definition) is 2. The highest BCUT2D eigenvalue weighted by molar-refractivity contribution is 7.80. The number of carbonyl (C=O) groups excluding carboxylic acids is 1. The maximum absolute atomic E-state index is 12.2. The van der Waals surface area contributed by atoms with Gasteiger partial charge in [-0.25, -0.2) is 0 Å². The van der Waals surface area contributed by atoms with Gasteiger partial charge >= 0.3 is 0 Å². The van der Waals surface area contributed by atoms with Crippen molar-refractivity contribution in [2.24, 2.45) is 5.73 Å². The lowest BCUT2D eigenvalue weighted by Gasteiger charge is -2.10. The molecule has 0 spiro atoms. The zero-order valence-corrected chi connectivity index (χ0v) is 12.4. The minimum Gasteiger partial charge on any atom is -0.389 e. The molecule has 0 fully saturated rings. The minimum absolute atomic E-state index is 0.228. The van der Waals surface area contributed by atoms with Crippen LogP contribution < -0.4 is 11.1 Å². The molecule has 0 unspecified atom stereocenters. The average Bonchev–Trinajstić information content (AvgIpc) is 2.42. The fraction of sp³-hybridized carbons (Fsp3) is 0.0667. The molecule has 1 amide bonds. The van der Waals surface area contributed by atoms with Crippen molar-refractivity contribution < 1.29 is 4.79 Å². The van der Waals surface area contributed by atoms with Crippen molar-refractivity contribution in [2.75, 3.05) is 5.32 Å². The third-order valence-electron chi connectivity index (χ3n) is 2.86. The molecule has 102 valence electrons. The molecule has 5 heteroatoms. The molecule has 0 heterocycles. The van der Waals surface area contributed by atoms with Crippen LogP contribution in [0, 0.1) is 6.92 Å². The van der Waals surface area contributed by atoms with E-state index >= 15 is 0 Å². The van der Waals surface area contributed by atoms with Crippen molar-refractivity contribution in [3.63, 3.8) is 0 Å². The van der Waals surface area contributed by atoms with E-state index in [1.165, 1.54) is 0 Å². The number of nitrogens with one attached hydrogen (secondary N) is 1. The highest BCUT2D eigenvalue weighted by Crippen LogP contribution is 2.19. The van der Waals surface area contributed by atoms with E-state index in [0.717, 1.165) is 5.56 Å². The first-order valence-electron chi connectivity index (χ1n) is 5.95. The quantitative estimate of drug-likeness (QED) is 0.853. The molecule has 0 saturated heterocycles. The van der Waals surface area contributed by atoms with Gasteiger partial charge in [0.1, 0.15) is 4.99 Å². The summed E-state index contributed by atoms with van der Waals surface area (Å²) >= 11 is 10.9. The Labute approximate surface area is 127 Å². The SMILES string of the molecule is Cc1cc(C(=O)Nc2ccccc2C(N)=S)ccc1Cl. The standard InChI is InChI=1S/C15H13ClN2OS/c1-9-8-10(6-7-12(9)16)15(19)18-13-5-3-2-4-11(13)14(17)20/h2-8H,1H3,(H2,17,20)(H,18,19). The Hall–Kier alpha value is -1.91. The number of rotatable bonds is 3. The summed E-state index contributed by atoms with van der Waals surface area (Å²) in [5.41, 5.74) is 8.25. The number of anilines is 1. The van der Waals surface area contributed by atoms with E-state index in [9.17, 15) is 4.79 Å². The summed E-state index contributed by atoms with van der Waals surface area (Å²) in [4.78, 5) is 12.5. The van der Waals surface area contributed by atoms with E-state index in [0.29, 0.717) is 21.8 Å². The first kappa shape index (κ1) is 14.5. The second-order valence-electron chi connectivity index (χ2n) is 4.33. The van der Waals surface area contributed by atoms with Gasteiger partial charge in [-0.3, -0.25) is 4.79 Å². The van der Waals surface area contributed by atoms with E-state index in [2.05, 4.69) is 5.32 Å². The Bertz CT molecular complexity index is 685. The fourth-order valence-corrected chi connectivity index (χ4v) is 2.08. The Kier molecular flexibility index (Phi) is 4.37. The molecule has 0 aliphatic heterocycles. The Morgan fingerprint density at radius 2 is 1.95 bits per heavy atom. The molecule has 0 radical (unpaired) electrons. The monoisotopic (exact) mass is 304 g/mol. The lowest BCUT2D eigenvalue weighted by Crippen LogP contribution is -2.17. The maximum atomic E-state index is 12.2. The topological polar surface area (TPSA) is 55.1 Å². The van der Waals surface area contributed by atoms with Crippen LogP contribution in [0.3, 0.4) is 0 Å². The molecule has 2 aromatic carbocycles. The molecule has 2 rings (SSSR count). The highest BCUT2D eigenvalue weighted by Gasteiger charge is 2.11. The van der Waals surface area contributed by atoms with Crippen LogP contribution in [0.5, 0.6) is 0 Å². The van der Waals surface area contributed by atoms with Crippen molar-refractivity contribution in [1.29, 1.82) is 0 Å². The lowest BCUT2D eigenvalue weighted by molar-refractivity contribution is 0.102. The summed E-state index contributed by atoms with van der Waals surface area (Å²) < 4.78 is 0. The summed E-state index contributed by atoms with van der Waals surface area (Å²) in [7, 11) is 0. The first-order valence-corrected chi connectivity index (χ1v) is 6.74. The fourth-order valence-electron chi connectivity index (χ4n) is 1.79. The molecule has 0 bridgehead atoms. The Balaban J connectivity index is 2.28. The van der Waals surface area contributed by atoms with E-state index in [1.807, 2.05) is 19.1 Å². The predicted octanol–water partition coefficient (Wildman–Crippen LogP) is 3.53. The summed E-state index contributed by atoms with van der Waals surface area (Å²) in [6, 6.07) is 12.3. The van der Waals surface area contributed by atoms with E-state index in [-0.39, 0.29) is 10.9 Å². The molecular weight excluding hydrogens is 292 g/mol. The third kappa shape index (κ3) is 3.15. The van der Waals surface area contributed by atoms with Gasteiger partial charge in [0.15, 0.2) is 0 Å². The molecule has 0 saturated carbocycles. The molecule has 3 N–H and O–H groups in total. The van der Waals surface area contributed by atoms with Gasteiger partial charge in [0.2, 0.25) is 0 Å². The van der Waals surface area contributed by atoms with Crippen LogP contribution in [0.15, 0.2) is 42.5 Å². The Morgan fingerprint density at radius 3 is 2.60 bits per heavy atom. The largest absolute Gasteiger partial charge is 0.389 e. The number of para-hydroxylation sites is 1. The minimum atomic E-state index is -0.228. The van der Waals surface area contributed by atoms with E-state index in [1.54, 1.807) is 30.3 Å². The number of carbonyl (C=O) groups is 1. The van der Waals surface area contributed by atoms with Crippen LogP contribution in [0.2, 0.25) is 5.02 Å². The summed E-state index contributed by atoms with van der Waals surface area (Å²) in [6.45, 7) is 1.85. The normalized spacial score (nSPS) is 10.1. The van der Waals surface area contributed by atoms with Gasteiger partial charge in [-0.05, 0) is 42.8 Å². The van der Waals surface area contributed by atoms with Crippen LogP contribution >= 0.6 is 23.8 Å². The highest BCUT2D eigenvalue weighted by atomic mass is 35.5. The van der Waals surface area contributed by atoms with Gasteiger partial charge in [-0.1, -0.05) is 36.0 Å². The smallest absolute Gasteiger partial charge is 0.255 e. The van der Waals surface area contributed by atoms with Crippen LogP contribution in [-0.4, -0.2) is 10.9 Å². The second-order valence-corrected chi connectivity index (χ2v) is 5.17. The maximum Gasteiger partial charge on any atom is 0.255 e. The van der Waals surface area contributed by atoms with Crippen molar-refractivity contribution in [3.8, 4) is 0 Å². The van der Waals surface area contributed by atoms with Gasteiger partial charge < -0.3 is 11.1 Å². The molecule has 2 aromatic rings. The molecule has 0 aromatic heterocycles. The van der Waals surface area contributed by atoms with Gasteiger partial charge in [-0.2, -0.15) is 0 Å². The predicted molar refractivity (Wildman–Crippen MR) is 86.5 cm³/mol. The molecule has 0 aliphatic carbocycles. The van der Waals surface area contributed by atoms with Crippen molar-refractivity contribution in [2.45, 2.75) is 6.92 Å². The van der Waals surface area contributed by atoms with Crippen LogP contribution in [-0.2, 0) is 0 Å². The summed E-state index contributed by atoms with van der Waals surface area (Å²) in [5.74, 6) is -0.228. The molecular formula is C15H13ClN2OS. The van der Waals surface area contributed by atoms with Crippen molar-refractivity contribution in [1.82, 2.24) is 0 Å². The molecule has 0 aliphatic rings. The zero-order valence-electron chi connectivity index (χ0n) is 10.8. The Morgan fingerprint density at radius 1 is 1.25 bits per heavy atom. The van der Waals surface area contributed by atoms with Gasteiger partial charge in [-0.15, -0.1) is 0 Å². The van der Waals surface area contributed by atoms with E-state index < -0.39 is 0 Å². The number of thiocarbonyl (C=S) groups is 1. The third-order valence-corrected chi connectivity index (χ3v) is 3.50. The zero-order chi connectivity index (χ0) is 14.7. The van der Waals surface area contributed by atoms with Gasteiger partial charge in [0.05, 0.1) is 5.69 Å². The lowest BCUT2D eigenvalue weighted by atomic mass is 10.1. The molecule has 20 heavy (non-hydrogen) atoms. The number of amides is 1. The molecule has 3 nitrogen and oxygen atoms in total. The van der Waals surface area contributed by atoms with Crippen LogP contribution in [0.25, 0.3) is 0 Å². The van der Waals surface area contributed by atoms with Crippen molar-refractivity contribution in [3.05, 3.63) is 64.2 Å². The second kappa shape index (κ2) is 6.03. The summed E-state index contributed by atoms with van der Waals surface area (Å²) in [6.07, 6.45) is 0. The number of halogens is 1. The number of nitrogens with two attached hydrogens (primary N) is 1. The molecule has 0 atom stereocenters. The van der Waals surface area contributed by atoms with Crippen molar-refractivity contribution >= 4 is 40.4 Å². The van der Waals surface area contributed by atoms with Gasteiger partial charge in [0, 0.05) is 16.1 Å². The number of hydrogen-bond acceptors (Lipinski definition) is 2. The van der Waals surface area contributed by atoms with Crippen LogP contribution in [0.1, 0.15) is 21.5 Å². The number of benzene rings is 2. The van der Waals surface area contributed by atoms with Crippen LogP contribution in [0.4, 0.5) is 5.69 Å².